The number of alkyl halides is 3. The first kappa shape index (κ1) is 19.3. The topological polar surface area (TPSA) is 67.4 Å². The van der Waals surface area contributed by atoms with Crippen molar-refractivity contribution in [2.75, 3.05) is 23.8 Å². The van der Waals surface area contributed by atoms with Gasteiger partial charge in [-0.3, -0.25) is 4.79 Å². The molecule has 0 unspecified atom stereocenters. The van der Waals surface area contributed by atoms with Gasteiger partial charge in [0, 0.05) is 11.4 Å². The highest BCUT2D eigenvalue weighted by molar-refractivity contribution is 5.94. The van der Waals surface area contributed by atoms with Crippen LogP contribution in [-0.4, -0.2) is 25.0 Å². The van der Waals surface area contributed by atoms with Gasteiger partial charge >= 0.3 is 12.1 Å². The quantitative estimate of drug-likeness (QED) is 0.760. The summed E-state index contributed by atoms with van der Waals surface area (Å²) in [5, 5.41) is 5.35. The van der Waals surface area contributed by atoms with E-state index in [0.29, 0.717) is 11.3 Å². The Kier molecular flexibility index (Phi) is 6.21. The Bertz CT molecular complexity index is 757. The van der Waals surface area contributed by atoms with Crippen LogP contribution < -0.4 is 10.6 Å². The Morgan fingerprint density at radius 1 is 0.962 bits per heavy atom. The summed E-state index contributed by atoms with van der Waals surface area (Å²) >= 11 is 0. The molecule has 0 spiro atoms. The summed E-state index contributed by atoms with van der Waals surface area (Å²) in [4.78, 5) is 23.4. The Balaban J connectivity index is 1.86. The molecule has 0 aliphatic carbocycles. The molecule has 0 atom stereocenters. The van der Waals surface area contributed by atoms with E-state index in [9.17, 15) is 22.8 Å². The molecule has 2 N–H and O–H groups in total. The smallest absolute Gasteiger partial charge is 0.416 e. The van der Waals surface area contributed by atoms with Gasteiger partial charge in [-0.1, -0.05) is 0 Å². The number of rotatable bonds is 6. The zero-order valence-corrected chi connectivity index (χ0v) is 13.9. The Hall–Kier alpha value is -3.03. The minimum Gasteiger partial charge on any atom is -0.462 e. The van der Waals surface area contributed by atoms with Crippen molar-refractivity contribution >= 4 is 23.3 Å². The van der Waals surface area contributed by atoms with Crippen LogP contribution >= 0.6 is 0 Å². The van der Waals surface area contributed by atoms with Crippen LogP contribution in [0.1, 0.15) is 22.8 Å². The maximum Gasteiger partial charge on any atom is 0.416 e. The second-order valence-corrected chi connectivity index (χ2v) is 5.27. The first-order valence-corrected chi connectivity index (χ1v) is 7.77. The molecule has 138 valence electrons. The van der Waals surface area contributed by atoms with E-state index in [1.54, 1.807) is 31.2 Å². The molecule has 2 aromatic rings. The summed E-state index contributed by atoms with van der Waals surface area (Å²) < 4.78 is 42.3. The lowest BCUT2D eigenvalue weighted by molar-refractivity contribution is -0.137. The molecule has 1 amide bonds. The van der Waals surface area contributed by atoms with E-state index in [1.165, 1.54) is 12.1 Å². The van der Waals surface area contributed by atoms with Crippen LogP contribution in [0.4, 0.5) is 24.5 Å². The average molecular weight is 366 g/mol. The van der Waals surface area contributed by atoms with Crippen molar-refractivity contribution in [3.05, 3.63) is 59.7 Å². The van der Waals surface area contributed by atoms with Crippen molar-refractivity contribution in [2.45, 2.75) is 13.1 Å². The maximum absolute atomic E-state index is 12.5. The number of halogens is 3. The number of anilines is 2. The summed E-state index contributed by atoms with van der Waals surface area (Å²) in [6.45, 7) is 1.91. The maximum atomic E-state index is 12.5. The zero-order chi connectivity index (χ0) is 19.2. The number of carbonyl (C=O) groups excluding carboxylic acids is 2. The number of hydrogen-bond acceptors (Lipinski definition) is 4. The molecule has 2 aromatic carbocycles. The number of nitrogens with one attached hydrogen (secondary N) is 2. The largest absolute Gasteiger partial charge is 0.462 e. The van der Waals surface area contributed by atoms with Crippen molar-refractivity contribution in [3.8, 4) is 0 Å². The molecule has 0 bridgehead atoms. The van der Waals surface area contributed by atoms with Crippen LogP contribution in [-0.2, 0) is 15.7 Å². The molecule has 0 saturated carbocycles. The van der Waals surface area contributed by atoms with Gasteiger partial charge in [-0.05, 0) is 55.5 Å². The normalized spacial score (nSPS) is 10.9. The first-order valence-electron chi connectivity index (χ1n) is 7.77. The van der Waals surface area contributed by atoms with Gasteiger partial charge in [0.05, 0.1) is 24.3 Å². The Morgan fingerprint density at radius 3 is 2.08 bits per heavy atom. The van der Waals surface area contributed by atoms with E-state index in [0.717, 1.165) is 12.1 Å². The van der Waals surface area contributed by atoms with E-state index in [4.69, 9.17) is 4.74 Å². The van der Waals surface area contributed by atoms with E-state index >= 15 is 0 Å². The predicted octanol–water partition coefficient (Wildman–Crippen LogP) is 3.93. The number of carbonyl (C=O) groups is 2. The highest BCUT2D eigenvalue weighted by atomic mass is 19.4. The number of ether oxygens (including phenoxy) is 1. The lowest BCUT2D eigenvalue weighted by Gasteiger charge is -2.10. The Labute approximate surface area is 148 Å². The minimum atomic E-state index is -4.42. The summed E-state index contributed by atoms with van der Waals surface area (Å²) in [7, 11) is 0. The number of esters is 1. The Morgan fingerprint density at radius 2 is 1.54 bits per heavy atom. The standard InChI is InChI=1S/C18H17F3N2O3/c1-2-26-17(25)12-3-7-14(8-4-12)22-11-16(24)23-15-9-5-13(6-10-15)18(19,20)21/h3-10,22H,2,11H2,1H3,(H,23,24). The molecule has 26 heavy (non-hydrogen) atoms. The van der Waals surface area contributed by atoms with E-state index in [2.05, 4.69) is 10.6 Å². The molecule has 0 aromatic heterocycles. The average Bonchev–Trinajstić information content (AvgIpc) is 2.60. The van der Waals surface area contributed by atoms with Gasteiger partial charge in [-0.25, -0.2) is 4.79 Å². The van der Waals surface area contributed by atoms with Crippen LogP contribution in [0, 0.1) is 0 Å². The van der Waals surface area contributed by atoms with Gasteiger partial charge in [-0.2, -0.15) is 13.2 Å². The van der Waals surface area contributed by atoms with Gasteiger partial charge in [-0.15, -0.1) is 0 Å². The van der Waals surface area contributed by atoms with Crippen LogP contribution in [0.3, 0.4) is 0 Å². The summed E-state index contributed by atoms with van der Waals surface area (Å²) in [5.41, 5.74) is 0.491. The molecular formula is C18H17F3N2O3. The van der Waals surface area contributed by atoms with E-state index in [-0.39, 0.29) is 18.8 Å². The highest BCUT2D eigenvalue weighted by Crippen LogP contribution is 2.29. The zero-order valence-electron chi connectivity index (χ0n) is 13.9. The molecular weight excluding hydrogens is 349 g/mol. The van der Waals surface area contributed by atoms with Crippen molar-refractivity contribution < 1.29 is 27.5 Å². The molecule has 0 aliphatic rings. The molecule has 0 saturated heterocycles. The fourth-order valence-electron chi connectivity index (χ4n) is 2.07. The van der Waals surface area contributed by atoms with Crippen LogP contribution in [0.15, 0.2) is 48.5 Å². The van der Waals surface area contributed by atoms with Gasteiger partial charge < -0.3 is 15.4 Å². The van der Waals surface area contributed by atoms with Crippen molar-refractivity contribution in [1.29, 1.82) is 0 Å². The summed E-state index contributed by atoms with van der Waals surface area (Å²) in [6, 6.07) is 10.6. The third kappa shape index (κ3) is 5.51. The number of amides is 1. The van der Waals surface area contributed by atoms with Crippen molar-refractivity contribution in [3.63, 3.8) is 0 Å². The fraction of sp³-hybridized carbons (Fsp3) is 0.222. The second-order valence-electron chi connectivity index (χ2n) is 5.27. The highest BCUT2D eigenvalue weighted by Gasteiger charge is 2.29. The molecule has 8 heteroatoms. The lowest BCUT2D eigenvalue weighted by Crippen LogP contribution is -2.21. The monoisotopic (exact) mass is 366 g/mol. The van der Waals surface area contributed by atoms with E-state index in [1.807, 2.05) is 0 Å². The van der Waals surface area contributed by atoms with Gasteiger partial charge in [0.1, 0.15) is 0 Å². The van der Waals surface area contributed by atoms with Crippen molar-refractivity contribution in [2.24, 2.45) is 0 Å². The molecule has 5 nitrogen and oxygen atoms in total. The van der Waals surface area contributed by atoms with Gasteiger partial charge in [0.2, 0.25) is 5.91 Å². The molecule has 0 aliphatic heterocycles. The second kappa shape index (κ2) is 8.37. The summed E-state index contributed by atoms with van der Waals surface area (Å²) in [5.74, 6) is -0.849. The first-order chi connectivity index (χ1) is 12.3. The van der Waals surface area contributed by atoms with E-state index < -0.39 is 23.6 Å². The number of benzene rings is 2. The molecule has 0 fully saturated rings. The molecule has 0 heterocycles. The third-order valence-corrected chi connectivity index (χ3v) is 3.35. The molecule has 2 rings (SSSR count). The van der Waals surface area contributed by atoms with Crippen molar-refractivity contribution in [1.82, 2.24) is 0 Å². The summed E-state index contributed by atoms with van der Waals surface area (Å²) in [6.07, 6.45) is -4.42. The van der Waals surface area contributed by atoms with Crippen LogP contribution in [0.25, 0.3) is 0 Å². The van der Waals surface area contributed by atoms with Gasteiger partial charge in [0.25, 0.3) is 0 Å². The SMILES string of the molecule is CCOC(=O)c1ccc(NCC(=O)Nc2ccc(C(F)(F)F)cc2)cc1. The van der Waals surface area contributed by atoms with Crippen LogP contribution in [0.2, 0.25) is 0 Å². The number of hydrogen-bond donors (Lipinski definition) is 2. The molecule has 0 radical (unpaired) electrons. The lowest BCUT2D eigenvalue weighted by atomic mass is 10.2. The predicted molar refractivity (Wildman–Crippen MR) is 91.0 cm³/mol. The van der Waals surface area contributed by atoms with Gasteiger partial charge in [0.15, 0.2) is 0 Å². The third-order valence-electron chi connectivity index (χ3n) is 3.35. The minimum absolute atomic E-state index is 0.0836. The fourth-order valence-corrected chi connectivity index (χ4v) is 2.07. The van der Waals surface area contributed by atoms with Crippen LogP contribution in [0.5, 0.6) is 0 Å².